The first-order valence-corrected chi connectivity index (χ1v) is 27.5. The monoisotopic (exact) mass is 1020 g/mol. The van der Waals surface area contributed by atoms with Gasteiger partial charge in [0.2, 0.25) is 0 Å². The molecule has 72 heavy (non-hydrogen) atoms. The van der Waals surface area contributed by atoms with Crippen molar-refractivity contribution in [2.24, 2.45) is 0 Å². The summed E-state index contributed by atoms with van der Waals surface area (Å²) in [6, 6.07) is 0. The Labute approximate surface area is 432 Å². The van der Waals surface area contributed by atoms with Gasteiger partial charge in [0.15, 0.2) is 18.7 Å². The van der Waals surface area contributed by atoms with Crippen LogP contribution >= 0.6 is 0 Å². The van der Waals surface area contributed by atoms with E-state index in [9.17, 15) is 45.3 Å². The zero-order valence-electron chi connectivity index (χ0n) is 43.9. The Morgan fingerprint density at radius 1 is 0.458 bits per heavy atom. The highest BCUT2D eigenvalue weighted by Gasteiger charge is 2.47. The third kappa shape index (κ3) is 30.3. The summed E-state index contributed by atoms with van der Waals surface area (Å²) in [4.78, 5) is 25.8. The number of rotatable bonds is 42. The predicted octanol–water partition coefficient (Wildman–Crippen LogP) is 8.60. The number of esters is 2. The minimum absolute atomic E-state index is 0.152. The molecule has 2 aliphatic rings. The largest absolute Gasteiger partial charge is 0.462 e. The van der Waals surface area contributed by atoms with Crippen LogP contribution in [0.25, 0.3) is 0 Å². The lowest BCUT2D eigenvalue weighted by Gasteiger charge is -2.42. The van der Waals surface area contributed by atoms with Gasteiger partial charge in [0.05, 0.1) is 19.8 Å². The molecule has 15 nitrogen and oxygen atoms in total. The van der Waals surface area contributed by atoms with Crippen LogP contribution in [-0.2, 0) is 38.0 Å². The van der Waals surface area contributed by atoms with Crippen molar-refractivity contribution in [2.75, 3.05) is 26.4 Å². The van der Waals surface area contributed by atoms with E-state index in [1.54, 1.807) is 0 Å². The van der Waals surface area contributed by atoms with Crippen LogP contribution in [0.2, 0.25) is 0 Å². The SMILES string of the molecule is CC/C=C/C/C=C/C/C=C/C/C=C/C/C=C/CCCCCC(=O)OC[C@@H](CO[C@@H]1O[C@H](CO[C@@H]2O[C@H](CO)[C@H](O)C(O)C2O)[C@H](O)C(O)C1O)OC(=O)CCCCCCCCCCC/C=C/CCCCCC. The van der Waals surface area contributed by atoms with Crippen LogP contribution in [0.1, 0.15) is 181 Å². The van der Waals surface area contributed by atoms with Crippen molar-refractivity contribution >= 4 is 11.9 Å². The van der Waals surface area contributed by atoms with E-state index in [1.165, 1.54) is 57.8 Å². The molecule has 4 unspecified atom stereocenters. The molecule has 15 heteroatoms. The summed E-state index contributed by atoms with van der Waals surface area (Å²) in [5, 5.41) is 72.2. The minimum Gasteiger partial charge on any atom is -0.462 e. The summed E-state index contributed by atoms with van der Waals surface area (Å²) in [5.74, 6) is -0.968. The van der Waals surface area contributed by atoms with Crippen LogP contribution in [0, 0.1) is 0 Å². The second-order valence-electron chi connectivity index (χ2n) is 19.0. The number of hydrogen-bond acceptors (Lipinski definition) is 15. The lowest BCUT2D eigenvalue weighted by Crippen LogP contribution is -2.61. The standard InChI is InChI=1S/C57H96O15/c1-3-5-7-9-11-13-15-17-19-21-22-24-25-27-29-31-33-35-37-39-48(59)67-42-45(70-49(60)40-38-36-34-32-30-28-26-23-20-18-16-14-12-10-8-6-4-2)43-68-56-55(66)53(64)51(62)47(72-56)44-69-57-54(65)52(63)50(61)46(41-58)71-57/h5,7,11,13-14,16-17,19,22,24,27,29,45-47,50-58,61-66H,3-4,6,8-10,12,15,18,20-21,23,25-26,28,30-44H2,1-2H3/b7-5+,13-11+,16-14+,19-17+,24-22+,29-27+/t45-,46+,47+,50-,51-,52?,53?,54?,55?,56+,57+/m0/s1. The molecule has 0 saturated carbocycles. The topological polar surface area (TPSA) is 231 Å². The average molecular weight is 1020 g/mol. The Bertz CT molecular complexity index is 1530. The maximum Gasteiger partial charge on any atom is 0.306 e. The maximum absolute atomic E-state index is 13.0. The number of ether oxygens (including phenoxy) is 6. The lowest BCUT2D eigenvalue weighted by atomic mass is 9.98. The molecule has 0 aliphatic carbocycles. The van der Waals surface area contributed by atoms with Crippen molar-refractivity contribution in [2.45, 2.75) is 248 Å². The lowest BCUT2D eigenvalue weighted by molar-refractivity contribution is -0.332. The molecule has 0 aromatic rings. The first-order valence-electron chi connectivity index (χ1n) is 27.5. The van der Waals surface area contributed by atoms with Gasteiger partial charge in [0, 0.05) is 12.8 Å². The molecule has 0 aromatic heterocycles. The molecule has 2 heterocycles. The molecule has 0 aromatic carbocycles. The zero-order chi connectivity index (χ0) is 52.4. The number of aliphatic hydroxyl groups excluding tert-OH is 7. The van der Waals surface area contributed by atoms with Crippen LogP contribution < -0.4 is 0 Å². The molecule has 11 atom stereocenters. The highest BCUT2D eigenvalue weighted by atomic mass is 16.7. The van der Waals surface area contributed by atoms with Crippen molar-refractivity contribution in [1.29, 1.82) is 0 Å². The van der Waals surface area contributed by atoms with Crippen molar-refractivity contribution in [3.8, 4) is 0 Å². The van der Waals surface area contributed by atoms with E-state index < -0.39 is 99.3 Å². The predicted molar refractivity (Wildman–Crippen MR) is 279 cm³/mol. The van der Waals surface area contributed by atoms with Gasteiger partial charge in [-0.3, -0.25) is 9.59 Å². The summed E-state index contributed by atoms with van der Waals surface area (Å²) < 4.78 is 33.6. The van der Waals surface area contributed by atoms with Crippen LogP contribution in [0.4, 0.5) is 0 Å². The number of carbonyl (C=O) groups excluding carboxylic acids is 2. The van der Waals surface area contributed by atoms with Gasteiger partial charge in [-0.2, -0.15) is 0 Å². The fraction of sp³-hybridized carbons (Fsp3) is 0.754. The molecular formula is C57H96O15. The average Bonchev–Trinajstić information content (AvgIpc) is 3.37. The van der Waals surface area contributed by atoms with E-state index in [4.69, 9.17) is 28.4 Å². The van der Waals surface area contributed by atoms with Crippen LogP contribution in [0.15, 0.2) is 72.9 Å². The third-order valence-corrected chi connectivity index (χ3v) is 12.7. The highest BCUT2D eigenvalue weighted by Crippen LogP contribution is 2.26. The summed E-state index contributed by atoms with van der Waals surface area (Å²) in [5.41, 5.74) is 0. The second kappa shape index (κ2) is 43.2. The molecule has 2 aliphatic heterocycles. The molecule has 0 bridgehead atoms. The molecule has 2 saturated heterocycles. The van der Waals surface area contributed by atoms with Gasteiger partial charge in [-0.25, -0.2) is 0 Å². The van der Waals surface area contributed by atoms with Gasteiger partial charge in [-0.1, -0.05) is 157 Å². The smallest absolute Gasteiger partial charge is 0.306 e. The molecule has 7 N–H and O–H groups in total. The van der Waals surface area contributed by atoms with E-state index in [0.29, 0.717) is 12.8 Å². The first kappa shape index (κ1) is 65.1. The Hall–Kier alpha value is -3.06. The van der Waals surface area contributed by atoms with Gasteiger partial charge in [-0.05, 0) is 83.5 Å². The van der Waals surface area contributed by atoms with Gasteiger partial charge in [0.25, 0.3) is 0 Å². The molecular weight excluding hydrogens is 925 g/mol. The normalized spacial score (nSPS) is 25.6. The number of hydrogen-bond donors (Lipinski definition) is 7. The molecule has 0 amide bonds. The zero-order valence-corrected chi connectivity index (χ0v) is 43.9. The molecule has 414 valence electrons. The summed E-state index contributed by atoms with van der Waals surface area (Å²) in [6.45, 7) is 2.43. The van der Waals surface area contributed by atoms with Gasteiger partial charge >= 0.3 is 11.9 Å². The van der Waals surface area contributed by atoms with Gasteiger partial charge < -0.3 is 64.2 Å². The Morgan fingerprint density at radius 3 is 1.40 bits per heavy atom. The van der Waals surface area contributed by atoms with Crippen LogP contribution in [0.5, 0.6) is 0 Å². The number of aliphatic hydroxyl groups is 7. The summed E-state index contributed by atoms with van der Waals surface area (Å²) in [7, 11) is 0. The van der Waals surface area contributed by atoms with Crippen molar-refractivity contribution in [3.63, 3.8) is 0 Å². The fourth-order valence-corrected chi connectivity index (χ4v) is 8.18. The number of carbonyl (C=O) groups is 2. The van der Waals surface area contributed by atoms with Crippen LogP contribution in [-0.4, -0.2) is 142 Å². The molecule has 2 fully saturated rings. The van der Waals surface area contributed by atoms with E-state index in [2.05, 4.69) is 86.8 Å². The van der Waals surface area contributed by atoms with E-state index in [1.807, 2.05) is 0 Å². The summed E-state index contributed by atoms with van der Waals surface area (Å²) >= 11 is 0. The summed E-state index contributed by atoms with van der Waals surface area (Å²) in [6.07, 6.45) is 34.9. The minimum atomic E-state index is -1.77. The molecule has 2 rings (SSSR count). The fourth-order valence-electron chi connectivity index (χ4n) is 8.18. The second-order valence-corrected chi connectivity index (χ2v) is 19.0. The Kier molecular flexibility index (Phi) is 39.0. The number of allylic oxidation sites excluding steroid dienone is 12. The van der Waals surface area contributed by atoms with Crippen LogP contribution in [0.3, 0.4) is 0 Å². The highest BCUT2D eigenvalue weighted by molar-refractivity contribution is 5.70. The van der Waals surface area contributed by atoms with Gasteiger partial charge in [-0.15, -0.1) is 0 Å². The van der Waals surface area contributed by atoms with E-state index in [0.717, 1.165) is 83.5 Å². The first-order chi connectivity index (χ1) is 35.0. The quantitative estimate of drug-likeness (QED) is 0.0172. The van der Waals surface area contributed by atoms with Crippen molar-refractivity contribution in [3.05, 3.63) is 72.9 Å². The Balaban J connectivity index is 1.80. The van der Waals surface area contributed by atoms with Gasteiger partial charge in [0.1, 0.15) is 55.4 Å². The molecule has 0 radical (unpaired) electrons. The Morgan fingerprint density at radius 2 is 0.875 bits per heavy atom. The third-order valence-electron chi connectivity index (χ3n) is 12.7. The number of unbranched alkanes of at least 4 members (excludes halogenated alkanes) is 16. The van der Waals surface area contributed by atoms with E-state index in [-0.39, 0.29) is 19.4 Å². The van der Waals surface area contributed by atoms with Crippen molar-refractivity contribution in [1.82, 2.24) is 0 Å². The maximum atomic E-state index is 13.0. The van der Waals surface area contributed by atoms with E-state index >= 15 is 0 Å². The van der Waals surface area contributed by atoms with Crippen molar-refractivity contribution < 1.29 is 73.8 Å². The molecule has 0 spiro atoms.